The van der Waals surface area contributed by atoms with Crippen LogP contribution in [0.25, 0.3) is 0 Å². The van der Waals surface area contributed by atoms with E-state index in [9.17, 15) is 14.4 Å². The van der Waals surface area contributed by atoms with Crippen LogP contribution < -0.4 is 4.90 Å². The van der Waals surface area contributed by atoms with Gasteiger partial charge in [0.1, 0.15) is 4.88 Å². The maximum atomic E-state index is 12.2. The first-order valence-corrected chi connectivity index (χ1v) is 6.68. The van der Waals surface area contributed by atoms with Crippen LogP contribution >= 0.6 is 11.3 Å². The van der Waals surface area contributed by atoms with Crippen LogP contribution in [0.2, 0.25) is 0 Å². The number of carboxylic acids is 1. The average Bonchev–Trinajstić information content (AvgIpc) is 2.99. The SMILES string of the molecule is O=C(O)c1sccc1N1C(=O)C2CCCC2C1=O. The van der Waals surface area contributed by atoms with Crippen molar-refractivity contribution >= 4 is 34.8 Å². The van der Waals surface area contributed by atoms with Crippen molar-refractivity contribution < 1.29 is 19.5 Å². The van der Waals surface area contributed by atoms with Crippen LogP contribution in [0.15, 0.2) is 11.4 Å². The molecule has 6 heteroatoms. The fourth-order valence-electron chi connectivity index (χ4n) is 2.87. The molecular weight excluding hydrogens is 254 g/mol. The molecule has 94 valence electrons. The third kappa shape index (κ3) is 1.42. The average molecular weight is 265 g/mol. The van der Waals surface area contributed by atoms with Gasteiger partial charge in [0.05, 0.1) is 17.5 Å². The molecule has 3 rings (SSSR count). The van der Waals surface area contributed by atoms with Crippen LogP contribution in [0.3, 0.4) is 0 Å². The minimum atomic E-state index is -1.10. The second-order valence-corrected chi connectivity index (χ2v) is 5.51. The summed E-state index contributed by atoms with van der Waals surface area (Å²) in [6, 6.07) is 1.53. The number of amides is 2. The Morgan fingerprint density at radius 1 is 1.28 bits per heavy atom. The van der Waals surface area contributed by atoms with Crippen LogP contribution in [-0.4, -0.2) is 22.9 Å². The van der Waals surface area contributed by atoms with E-state index in [-0.39, 0.29) is 34.2 Å². The van der Waals surface area contributed by atoms with Crippen molar-refractivity contribution in [3.05, 3.63) is 16.3 Å². The summed E-state index contributed by atoms with van der Waals surface area (Å²) in [5.41, 5.74) is 0.233. The number of aromatic carboxylic acids is 1. The number of carboxylic acid groups (broad SMARTS) is 1. The maximum Gasteiger partial charge on any atom is 0.348 e. The minimum absolute atomic E-state index is 0.0525. The first-order valence-electron chi connectivity index (χ1n) is 5.80. The molecule has 1 aliphatic carbocycles. The summed E-state index contributed by atoms with van der Waals surface area (Å²) in [6.45, 7) is 0. The van der Waals surface area contributed by atoms with Crippen molar-refractivity contribution in [3.63, 3.8) is 0 Å². The van der Waals surface area contributed by atoms with Gasteiger partial charge in [0, 0.05) is 0 Å². The van der Waals surface area contributed by atoms with Gasteiger partial charge in [-0.15, -0.1) is 11.3 Å². The van der Waals surface area contributed by atoms with Gasteiger partial charge in [-0.1, -0.05) is 6.42 Å². The molecular formula is C12H11NO4S. The molecule has 2 heterocycles. The van der Waals surface area contributed by atoms with Gasteiger partial charge < -0.3 is 5.11 Å². The molecule has 5 nitrogen and oxygen atoms in total. The Labute approximate surface area is 107 Å². The Morgan fingerprint density at radius 2 is 1.89 bits per heavy atom. The molecule has 18 heavy (non-hydrogen) atoms. The second-order valence-electron chi connectivity index (χ2n) is 4.60. The van der Waals surface area contributed by atoms with Gasteiger partial charge in [-0.25, -0.2) is 9.69 Å². The van der Waals surface area contributed by atoms with Gasteiger partial charge in [-0.05, 0) is 24.3 Å². The first kappa shape index (κ1) is 11.4. The first-order chi connectivity index (χ1) is 8.61. The lowest BCUT2D eigenvalue weighted by Crippen LogP contribution is -2.32. The smallest absolute Gasteiger partial charge is 0.348 e. The van der Waals surface area contributed by atoms with Gasteiger partial charge in [-0.3, -0.25) is 9.59 Å². The molecule has 1 saturated heterocycles. The maximum absolute atomic E-state index is 12.2. The summed E-state index contributed by atoms with van der Waals surface area (Å²) >= 11 is 1.03. The quantitative estimate of drug-likeness (QED) is 0.826. The van der Waals surface area contributed by atoms with E-state index < -0.39 is 5.97 Å². The number of nitrogens with zero attached hydrogens (tertiary/aromatic N) is 1. The number of fused-ring (bicyclic) bond motifs is 1. The van der Waals surface area contributed by atoms with E-state index in [1.54, 1.807) is 5.38 Å². The molecule has 0 bridgehead atoms. The molecule has 1 aromatic heterocycles. The number of rotatable bonds is 2. The fourth-order valence-corrected chi connectivity index (χ4v) is 3.58. The highest BCUT2D eigenvalue weighted by Gasteiger charge is 2.51. The van der Waals surface area contributed by atoms with E-state index in [4.69, 9.17) is 5.11 Å². The lowest BCUT2D eigenvalue weighted by molar-refractivity contribution is -0.122. The molecule has 0 radical (unpaired) electrons. The Hall–Kier alpha value is -1.69. The van der Waals surface area contributed by atoms with Gasteiger partial charge in [0.2, 0.25) is 11.8 Å². The molecule has 1 aliphatic heterocycles. The van der Waals surface area contributed by atoms with Crippen molar-refractivity contribution in [1.82, 2.24) is 0 Å². The molecule has 2 aliphatic rings. The van der Waals surface area contributed by atoms with Gasteiger partial charge in [-0.2, -0.15) is 0 Å². The molecule has 2 amide bonds. The Kier molecular flexibility index (Phi) is 2.48. The number of carbonyl (C=O) groups is 3. The highest BCUT2D eigenvalue weighted by Crippen LogP contribution is 2.43. The summed E-state index contributed by atoms with van der Waals surface area (Å²) in [4.78, 5) is 36.6. The van der Waals surface area contributed by atoms with E-state index in [2.05, 4.69) is 0 Å². The van der Waals surface area contributed by atoms with Crippen molar-refractivity contribution in [3.8, 4) is 0 Å². The van der Waals surface area contributed by atoms with Crippen molar-refractivity contribution in [2.45, 2.75) is 19.3 Å². The van der Waals surface area contributed by atoms with Gasteiger partial charge >= 0.3 is 5.97 Å². The van der Waals surface area contributed by atoms with E-state index >= 15 is 0 Å². The molecule has 0 aromatic carbocycles. The van der Waals surface area contributed by atoms with E-state index in [0.717, 1.165) is 35.5 Å². The van der Waals surface area contributed by atoms with Gasteiger partial charge in [0.25, 0.3) is 0 Å². The predicted octanol–water partition coefficient (Wildman–Crippen LogP) is 1.74. The molecule has 1 aromatic rings. The fraction of sp³-hybridized carbons (Fsp3) is 0.417. The summed E-state index contributed by atoms with van der Waals surface area (Å²) in [7, 11) is 0. The van der Waals surface area contributed by atoms with Crippen LogP contribution in [-0.2, 0) is 9.59 Å². The third-order valence-electron chi connectivity index (χ3n) is 3.67. The molecule has 2 atom stereocenters. The van der Waals surface area contributed by atoms with E-state index in [0.29, 0.717) is 0 Å². The normalized spacial score (nSPS) is 26.8. The monoisotopic (exact) mass is 265 g/mol. The van der Waals surface area contributed by atoms with Crippen LogP contribution in [0.5, 0.6) is 0 Å². The summed E-state index contributed by atoms with van der Waals surface area (Å²) in [6.07, 6.45) is 2.37. The third-order valence-corrected chi connectivity index (χ3v) is 4.56. The molecule has 2 unspecified atom stereocenters. The molecule has 1 saturated carbocycles. The van der Waals surface area contributed by atoms with Crippen molar-refractivity contribution in [2.75, 3.05) is 4.90 Å². The van der Waals surface area contributed by atoms with Crippen molar-refractivity contribution in [2.24, 2.45) is 11.8 Å². The number of carbonyl (C=O) groups excluding carboxylic acids is 2. The number of anilines is 1. The molecule has 0 spiro atoms. The molecule has 1 N–H and O–H groups in total. The number of hydrogen-bond acceptors (Lipinski definition) is 4. The highest BCUT2D eigenvalue weighted by molar-refractivity contribution is 7.12. The molecule has 2 fully saturated rings. The van der Waals surface area contributed by atoms with Gasteiger partial charge in [0.15, 0.2) is 0 Å². The van der Waals surface area contributed by atoms with Crippen LogP contribution in [0, 0.1) is 11.8 Å². The standard InChI is InChI=1S/C12H11NO4S/c14-10-6-2-1-3-7(6)11(15)13(10)8-4-5-18-9(8)12(16)17/h4-7H,1-3H2,(H,16,17). The van der Waals surface area contributed by atoms with Crippen LogP contribution in [0.1, 0.15) is 28.9 Å². The van der Waals surface area contributed by atoms with E-state index in [1.807, 2.05) is 0 Å². The number of thiophene rings is 1. The Morgan fingerprint density at radius 3 is 2.44 bits per heavy atom. The summed E-state index contributed by atoms with van der Waals surface area (Å²) in [5.74, 6) is -2.04. The lowest BCUT2D eigenvalue weighted by Gasteiger charge is -2.15. The lowest BCUT2D eigenvalue weighted by atomic mass is 10.00. The number of imide groups is 1. The Balaban J connectivity index is 2.02. The zero-order valence-corrected chi connectivity index (χ0v) is 10.3. The van der Waals surface area contributed by atoms with Crippen LogP contribution in [0.4, 0.5) is 5.69 Å². The minimum Gasteiger partial charge on any atom is -0.477 e. The largest absolute Gasteiger partial charge is 0.477 e. The summed E-state index contributed by atoms with van der Waals surface area (Å²) in [5, 5.41) is 10.6. The zero-order valence-electron chi connectivity index (χ0n) is 9.46. The summed E-state index contributed by atoms with van der Waals surface area (Å²) < 4.78 is 0. The second kappa shape index (κ2) is 3.91. The topological polar surface area (TPSA) is 74.7 Å². The Bertz CT molecular complexity index is 528. The number of hydrogen-bond donors (Lipinski definition) is 1. The van der Waals surface area contributed by atoms with E-state index in [1.165, 1.54) is 6.07 Å². The zero-order chi connectivity index (χ0) is 12.9. The van der Waals surface area contributed by atoms with Crippen molar-refractivity contribution in [1.29, 1.82) is 0 Å². The predicted molar refractivity (Wildman–Crippen MR) is 64.6 cm³/mol. The highest BCUT2D eigenvalue weighted by atomic mass is 32.1.